The number of nitro groups is 1. The van der Waals surface area contributed by atoms with E-state index in [1.807, 2.05) is 38.1 Å². The number of carbonyl (C=O) groups excluding carboxylic acids is 1. The summed E-state index contributed by atoms with van der Waals surface area (Å²) in [6, 6.07) is 10.2. The Balaban J connectivity index is 1.69. The minimum Gasteiger partial charge on any atom is -0.467 e. The second-order valence-corrected chi connectivity index (χ2v) is 6.97. The van der Waals surface area contributed by atoms with E-state index in [2.05, 4.69) is 4.98 Å². The van der Waals surface area contributed by atoms with E-state index in [9.17, 15) is 14.9 Å². The van der Waals surface area contributed by atoms with Crippen LogP contribution in [0.25, 0.3) is 10.9 Å². The molecule has 4 rings (SSSR count). The van der Waals surface area contributed by atoms with E-state index in [4.69, 9.17) is 14.2 Å². The van der Waals surface area contributed by atoms with Gasteiger partial charge in [-0.15, -0.1) is 0 Å². The number of nitrogens with zero attached hydrogens (tertiary/aromatic N) is 2. The number of aryl methyl sites for hydroxylation is 1. The predicted octanol–water partition coefficient (Wildman–Crippen LogP) is 4.24. The number of para-hydroxylation sites is 1. The molecule has 0 saturated carbocycles. The molecule has 0 spiro atoms. The van der Waals surface area contributed by atoms with Crippen LogP contribution in [0.5, 0.6) is 5.75 Å². The predicted molar refractivity (Wildman–Crippen MR) is 108 cm³/mol. The Morgan fingerprint density at radius 3 is 2.87 bits per heavy atom. The van der Waals surface area contributed by atoms with Crippen molar-refractivity contribution in [1.29, 1.82) is 0 Å². The summed E-state index contributed by atoms with van der Waals surface area (Å²) < 4.78 is 16.3. The largest absolute Gasteiger partial charge is 0.467 e. The number of non-ortho nitro benzene ring substituents is 1. The molecular weight excluding hydrogens is 388 g/mol. The Labute approximate surface area is 172 Å². The lowest BCUT2D eigenvalue weighted by atomic mass is 10.0. The number of fused-ring (bicyclic) bond motifs is 2. The highest BCUT2D eigenvalue weighted by Gasteiger charge is 2.23. The number of aromatic nitrogens is 1. The van der Waals surface area contributed by atoms with Crippen LogP contribution in [0.4, 0.5) is 5.69 Å². The third-order valence-electron chi connectivity index (χ3n) is 5.12. The fourth-order valence-corrected chi connectivity index (χ4v) is 3.67. The van der Waals surface area contributed by atoms with E-state index >= 15 is 0 Å². The monoisotopic (exact) mass is 408 g/mol. The standard InChI is InChI=1S/C22H20N2O6/c1-3-18-13(2)20(17-6-4-5-7-19(17)23-18)22(25)29-11-15-9-16(24(26)27)8-14-10-28-12-30-21(14)15/h4-9H,3,10-12H2,1-2H3. The summed E-state index contributed by atoms with van der Waals surface area (Å²) in [6.45, 7) is 3.92. The van der Waals surface area contributed by atoms with Gasteiger partial charge in [-0.2, -0.15) is 0 Å². The van der Waals surface area contributed by atoms with Crippen LogP contribution in [0, 0.1) is 17.0 Å². The van der Waals surface area contributed by atoms with Crippen molar-refractivity contribution in [3.63, 3.8) is 0 Å². The zero-order valence-electron chi connectivity index (χ0n) is 16.6. The molecule has 8 heteroatoms. The number of nitro benzene ring substituents is 1. The summed E-state index contributed by atoms with van der Waals surface area (Å²) in [4.78, 5) is 28.5. The van der Waals surface area contributed by atoms with Crippen LogP contribution >= 0.6 is 0 Å². The molecule has 30 heavy (non-hydrogen) atoms. The van der Waals surface area contributed by atoms with Gasteiger partial charge in [-0.25, -0.2) is 4.79 Å². The SMILES string of the molecule is CCc1nc2ccccc2c(C(=O)OCc2cc([N+](=O)[O-])cc3c2OCOC3)c1C. The Morgan fingerprint density at radius 1 is 1.30 bits per heavy atom. The van der Waals surface area contributed by atoms with Gasteiger partial charge in [0.25, 0.3) is 5.69 Å². The van der Waals surface area contributed by atoms with Crippen molar-refractivity contribution in [3.05, 3.63) is 74.5 Å². The van der Waals surface area contributed by atoms with E-state index in [1.165, 1.54) is 12.1 Å². The van der Waals surface area contributed by atoms with Crippen LogP contribution in [-0.4, -0.2) is 22.7 Å². The molecule has 0 N–H and O–H groups in total. The zero-order chi connectivity index (χ0) is 21.3. The fourth-order valence-electron chi connectivity index (χ4n) is 3.67. The second kappa shape index (κ2) is 8.08. The molecule has 0 aliphatic carbocycles. The number of carbonyl (C=O) groups is 1. The topological polar surface area (TPSA) is 101 Å². The third-order valence-corrected chi connectivity index (χ3v) is 5.12. The Hall–Kier alpha value is -3.52. The first-order chi connectivity index (χ1) is 14.5. The highest BCUT2D eigenvalue weighted by atomic mass is 16.7. The number of ether oxygens (including phenoxy) is 3. The minimum absolute atomic E-state index is 0.0414. The van der Waals surface area contributed by atoms with E-state index in [0.29, 0.717) is 34.2 Å². The van der Waals surface area contributed by atoms with E-state index in [0.717, 1.165) is 16.8 Å². The maximum absolute atomic E-state index is 13.1. The third kappa shape index (κ3) is 3.57. The second-order valence-electron chi connectivity index (χ2n) is 6.97. The summed E-state index contributed by atoms with van der Waals surface area (Å²) in [7, 11) is 0. The van der Waals surface area contributed by atoms with Gasteiger partial charge in [-0.1, -0.05) is 25.1 Å². The maximum atomic E-state index is 13.1. The summed E-state index contributed by atoms with van der Waals surface area (Å²) in [5.41, 5.74) is 3.66. The van der Waals surface area contributed by atoms with E-state index < -0.39 is 10.9 Å². The van der Waals surface area contributed by atoms with Crippen molar-refractivity contribution in [1.82, 2.24) is 4.98 Å². The van der Waals surface area contributed by atoms with Crippen LogP contribution in [0.1, 0.15) is 39.7 Å². The molecule has 0 saturated heterocycles. The highest BCUT2D eigenvalue weighted by molar-refractivity contribution is 6.05. The first-order valence-corrected chi connectivity index (χ1v) is 9.55. The number of rotatable bonds is 5. The lowest BCUT2D eigenvalue weighted by Crippen LogP contribution is -2.15. The normalized spacial score (nSPS) is 12.9. The molecule has 0 atom stereocenters. The average molecular weight is 408 g/mol. The molecular formula is C22H20N2O6. The van der Waals surface area contributed by atoms with Crippen molar-refractivity contribution in [2.75, 3.05) is 6.79 Å². The molecule has 1 aliphatic heterocycles. The molecule has 2 heterocycles. The molecule has 154 valence electrons. The van der Waals surface area contributed by atoms with Gasteiger partial charge in [0.15, 0.2) is 6.79 Å². The van der Waals surface area contributed by atoms with E-state index in [-0.39, 0.29) is 25.7 Å². The van der Waals surface area contributed by atoms with Crippen LogP contribution in [0.2, 0.25) is 0 Å². The number of benzene rings is 2. The molecule has 2 aromatic carbocycles. The number of hydrogen-bond acceptors (Lipinski definition) is 7. The van der Waals surface area contributed by atoms with Crippen molar-refractivity contribution in [3.8, 4) is 5.75 Å². The Morgan fingerprint density at radius 2 is 2.10 bits per heavy atom. The van der Waals surface area contributed by atoms with Crippen molar-refractivity contribution < 1.29 is 23.9 Å². The van der Waals surface area contributed by atoms with Crippen LogP contribution in [0.3, 0.4) is 0 Å². The number of esters is 1. The Bertz CT molecular complexity index is 1160. The summed E-state index contributed by atoms with van der Waals surface area (Å²) >= 11 is 0. The smallest absolute Gasteiger partial charge is 0.339 e. The average Bonchev–Trinajstić information content (AvgIpc) is 2.76. The van der Waals surface area contributed by atoms with E-state index in [1.54, 1.807) is 0 Å². The molecule has 0 fully saturated rings. The fraction of sp³-hybridized carbons (Fsp3) is 0.273. The van der Waals surface area contributed by atoms with Gasteiger partial charge in [0.05, 0.1) is 22.6 Å². The van der Waals surface area contributed by atoms with Crippen molar-refractivity contribution in [2.24, 2.45) is 0 Å². The molecule has 0 bridgehead atoms. The molecule has 0 unspecified atom stereocenters. The first kappa shape index (κ1) is 19.8. The van der Waals surface area contributed by atoms with Crippen molar-refractivity contribution >= 4 is 22.6 Å². The summed E-state index contributed by atoms with van der Waals surface area (Å²) in [5, 5.41) is 12.0. The zero-order valence-corrected chi connectivity index (χ0v) is 16.6. The minimum atomic E-state index is -0.506. The summed E-state index contributed by atoms with van der Waals surface area (Å²) in [6.07, 6.45) is 0.684. The van der Waals surface area contributed by atoms with Gasteiger partial charge >= 0.3 is 5.97 Å². The van der Waals surface area contributed by atoms with Gasteiger partial charge in [0.2, 0.25) is 0 Å². The molecule has 1 aromatic heterocycles. The molecule has 1 aliphatic rings. The maximum Gasteiger partial charge on any atom is 0.339 e. The highest BCUT2D eigenvalue weighted by Crippen LogP contribution is 2.33. The van der Waals surface area contributed by atoms with Gasteiger partial charge in [0, 0.05) is 34.3 Å². The van der Waals surface area contributed by atoms with Crippen molar-refractivity contribution in [2.45, 2.75) is 33.5 Å². The van der Waals surface area contributed by atoms with Gasteiger partial charge in [-0.05, 0) is 25.0 Å². The number of pyridine rings is 1. The van der Waals surface area contributed by atoms with Crippen LogP contribution in [-0.2, 0) is 29.1 Å². The van der Waals surface area contributed by atoms with Gasteiger partial charge < -0.3 is 14.2 Å². The quantitative estimate of drug-likeness (QED) is 0.354. The lowest BCUT2D eigenvalue weighted by molar-refractivity contribution is -0.385. The molecule has 3 aromatic rings. The first-order valence-electron chi connectivity index (χ1n) is 9.55. The molecule has 8 nitrogen and oxygen atoms in total. The lowest BCUT2D eigenvalue weighted by Gasteiger charge is -2.20. The molecule has 0 radical (unpaired) electrons. The van der Waals surface area contributed by atoms with Crippen LogP contribution < -0.4 is 4.74 Å². The summed E-state index contributed by atoms with van der Waals surface area (Å²) in [5.74, 6) is -0.0432. The van der Waals surface area contributed by atoms with Gasteiger partial charge in [-0.3, -0.25) is 15.1 Å². The van der Waals surface area contributed by atoms with Crippen LogP contribution in [0.15, 0.2) is 36.4 Å². The van der Waals surface area contributed by atoms with Gasteiger partial charge in [0.1, 0.15) is 12.4 Å². The number of hydrogen-bond donors (Lipinski definition) is 0. The Kier molecular flexibility index (Phi) is 5.33. The molecule has 0 amide bonds.